The molecule has 0 aromatic heterocycles. The number of hydrogen-bond donors (Lipinski definition) is 2. The van der Waals surface area contributed by atoms with E-state index in [0.717, 1.165) is 11.1 Å². The largest absolute Gasteiger partial charge is 0.481 e. The SMILES string of the molecule is CC(CCNC(=O)OCC1c2ccccc2-c2ccccc21)C(=O)N1CCCC(C)(C(=O)O)C1. The number of amides is 2. The van der Waals surface area contributed by atoms with Gasteiger partial charge in [0.15, 0.2) is 0 Å². The smallest absolute Gasteiger partial charge is 0.407 e. The number of piperidine rings is 1. The van der Waals surface area contributed by atoms with Gasteiger partial charge in [-0.25, -0.2) is 4.79 Å². The van der Waals surface area contributed by atoms with Gasteiger partial charge < -0.3 is 20.1 Å². The first-order valence-corrected chi connectivity index (χ1v) is 11.9. The fourth-order valence-electron chi connectivity index (χ4n) is 5.08. The predicted molar refractivity (Wildman–Crippen MR) is 128 cm³/mol. The lowest BCUT2D eigenvalue weighted by Crippen LogP contribution is -2.50. The lowest BCUT2D eigenvalue weighted by atomic mass is 9.81. The van der Waals surface area contributed by atoms with Crippen molar-refractivity contribution in [1.82, 2.24) is 10.2 Å². The van der Waals surface area contributed by atoms with Gasteiger partial charge in [-0.1, -0.05) is 55.5 Å². The van der Waals surface area contributed by atoms with Crippen LogP contribution in [0, 0.1) is 11.3 Å². The van der Waals surface area contributed by atoms with Crippen molar-refractivity contribution >= 4 is 18.0 Å². The molecular weight excluding hydrogens is 432 g/mol. The molecule has 2 aliphatic rings. The van der Waals surface area contributed by atoms with E-state index in [1.54, 1.807) is 11.8 Å². The van der Waals surface area contributed by atoms with E-state index in [1.165, 1.54) is 11.1 Å². The summed E-state index contributed by atoms with van der Waals surface area (Å²) in [5, 5.41) is 12.2. The average molecular weight is 465 g/mol. The van der Waals surface area contributed by atoms with Gasteiger partial charge in [-0.15, -0.1) is 0 Å². The minimum atomic E-state index is -0.896. The van der Waals surface area contributed by atoms with Crippen LogP contribution in [0.1, 0.15) is 50.2 Å². The van der Waals surface area contributed by atoms with Crippen LogP contribution in [0.2, 0.25) is 0 Å². The second-order valence-corrected chi connectivity index (χ2v) is 9.67. The van der Waals surface area contributed by atoms with Crippen molar-refractivity contribution in [2.45, 2.75) is 39.0 Å². The van der Waals surface area contributed by atoms with Crippen molar-refractivity contribution in [2.24, 2.45) is 11.3 Å². The van der Waals surface area contributed by atoms with Gasteiger partial charge in [0.05, 0.1) is 5.41 Å². The van der Waals surface area contributed by atoms with Crippen LogP contribution < -0.4 is 5.32 Å². The summed E-state index contributed by atoms with van der Waals surface area (Å²) in [6.45, 7) is 4.87. The molecule has 1 aliphatic heterocycles. The number of likely N-dealkylation sites (tertiary alicyclic amines) is 1. The lowest BCUT2D eigenvalue weighted by Gasteiger charge is -2.38. The molecule has 0 saturated carbocycles. The van der Waals surface area contributed by atoms with Gasteiger partial charge >= 0.3 is 12.1 Å². The number of carboxylic acid groups (broad SMARTS) is 1. The molecule has 34 heavy (non-hydrogen) atoms. The summed E-state index contributed by atoms with van der Waals surface area (Å²) in [7, 11) is 0. The summed E-state index contributed by atoms with van der Waals surface area (Å²) in [6, 6.07) is 16.4. The molecule has 1 fully saturated rings. The Morgan fingerprint density at radius 1 is 1.12 bits per heavy atom. The number of fused-ring (bicyclic) bond motifs is 3. The molecule has 2 aromatic carbocycles. The molecule has 2 unspecified atom stereocenters. The zero-order valence-electron chi connectivity index (χ0n) is 19.8. The van der Waals surface area contributed by atoms with Crippen molar-refractivity contribution < 1.29 is 24.2 Å². The standard InChI is InChI=1S/C27H32N2O5/c1-18(24(30)29-15-7-13-27(2,17-29)25(31)32)12-14-28-26(33)34-16-23-21-10-5-3-8-19(21)20-9-4-6-11-22(20)23/h3-6,8-11,18,23H,7,12-17H2,1-2H3,(H,28,33)(H,31,32). The van der Waals surface area contributed by atoms with E-state index in [4.69, 9.17) is 4.74 Å². The Kier molecular flexibility index (Phi) is 6.91. The number of carboxylic acids is 1. The molecule has 180 valence electrons. The number of nitrogens with one attached hydrogen (secondary N) is 1. The number of carbonyl (C=O) groups excluding carboxylic acids is 2. The quantitative estimate of drug-likeness (QED) is 0.638. The van der Waals surface area contributed by atoms with E-state index >= 15 is 0 Å². The van der Waals surface area contributed by atoms with Crippen LogP contribution in [0.4, 0.5) is 4.79 Å². The highest BCUT2D eigenvalue weighted by atomic mass is 16.5. The zero-order valence-corrected chi connectivity index (χ0v) is 19.8. The summed E-state index contributed by atoms with van der Waals surface area (Å²) in [5.41, 5.74) is 3.77. The number of alkyl carbamates (subject to hydrolysis) is 1. The van der Waals surface area contributed by atoms with Gasteiger partial charge in [-0.2, -0.15) is 0 Å². The van der Waals surface area contributed by atoms with Crippen molar-refractivity contribution in [3.8, 4) is 11.1 Å². The summed E-state index contributed by atoms with van der Waals surface area (Å²) < 4.78 is 5.54. The highest BCUT2D eigenvalue weighted by molar-refractivity contribution is 5.81. The molecule has 2 aromatic rings. The molecule has 4 rings (SSSR count). The Morgan fingerprint density at radius 3 is 2.35 bits per heavy atom. The van der Waals surface area contributed by atoms with Gasteiger partial charge in [-0.3, -0.25) is 9.59 Å². The first-order valence-electron chi connectivity index (χ1n) is 11.9. The first-order chi connectivity index (χ1) is 16.3. The number of nitrogens with zero attached hydrogens (tertiary/aromatic N) is 1. The molecule has 2 amide bonds. The number of benzene rings is 2. The molecule has 7 heteroatoms. The van der Waals surface area contributed by atoms with Crippen LogP contribution >= 0.6 is 0 Å². The lowest BCUT2D eigenvalue weighted by molar-refractivity contribution is -0.154. The molecule has 7 nitrogen and oxygen atoms in total. The Balaban J connectivity index is 1.25. The second-order valence-electron chi connectivity index (χ2n) is 9.67. The third kappa shape index (κ3) is 4.79. The molecule has 2 N–H and O–H groups in total. The molecule has 1 saturated heterocycles. The highest BCUT2D eigenvalue weighted by Crippen LogP contribution is 2.44. The molecule has 0 bridgehead atoms. The predicted octanol–water partition coefficient (Wildman–Crippen LogP) is 4.26. The normalized spacial score (nSPS) is 20.2. The van der Waals surface area contributed by atoms with Gasteiger partial charge in [-0.05, 0) is 48.4 Å². The third-order valence-electron chi connectivity index (χ3n) is 7.14. The highest BCUT2D eigenvalue weighted by Gasteiger charge is 2.40. The summed E-state index contributed by atoms with van der Waals surface area (Å²) >= 11 is 0. The van der Waals surface area contributed by atoms with Crippen LogP contribution in [0.3, 0.4) is 0 Å². The number of aliphatic carboxylic acids is 1. The van der Waals surface area contributed by atoms with E-state index in [9.17, 15) is 19.5 Å². The third-order valence-corrected chi connectivity index (χ3v) is 7.14. The van der Waals surface area contributed by atoms with Gasteiger partial charge in [0.2, 0.25) is 5.91 Å². The van der Waals surface area contributed by atoms with Gasteiger partial charge in [0.1, 0.15) is 6.61 Å². The van der Waals surface area contributed by atoms with Gasteiger partial charge in [0, 0.05) is 31.5 Å². The zero-order chi connectivity index (χ0) is 24.3. The molecule has 0 spiro atoms. The molecule has 1 heterocycles. The monoisotopic (exact) mass is 464 g/mol. The van der Waals surface area contributed by atoms with Crippen LogP contribution in [0.15, 0.2) is 48.5 Å². The van der Waals surface area contributed by atoms with Crippen LogP contribution in [0.25, 0.3) is 11.1 Å². The van der Waals surface area contributed by atoms with Crippen LogP contribution in [0.5, 0.6) is 0 Å². The maximum Gasteiger partial charge on any atom is 0.407 e. The summed E-state index contributed by atoms with van der Waals surface area (Å²) in [5.74, 6) is -1.25. The Morgan fingerprint density at radius 2 is 1.74 bits per heavy atom. The van der Waals surface area contributed by atoms with E-state index in [-0.39, 0.29) is 30.9 Å². The second kappa shape index (κ2) is 9.87. The topological polar surface area (TPSA) is 95.9 Å². The number of hydrogen-bond acceptors (Lipinski definition) is 4. The number of ether oxygens (including phenoxy) is 1. The van der Waals surface area contributed by atoms with E-state index in [1.807, 2.05) is 31.2 Å². The van der Waals surface area contributed by atoms with Crippen molar-refractivity contribution in [2.75, 3.05) is 26.2 Å². The Hall–Kier alpha value is -3.35. The minimum Gasteiger partial charge on any atom is -0.481 e. The summed E-state index contributed by atoms with van der Waals surface area (Å²) in [4.78, 5) is 38.4. The first kappa shape index (κ1) is 23.8. The maximum absolute atomic E-state index is 12.8. The van der Waals surface area contributed by atoms with Crippen molar-refractivity contribution in [1.29, 1.82) is 0 Å². The van der Waals surface area contributed by atoms with E-state index < -0.39 is 17.5 Å². The Bertz CT molecular complexity index is 1040. The van der Waals surface area contributed by atoms with Crippen molar-refractivity contribution in [3.63, 3.8) is 0 Å². The molecule has 1 aliphatic carbocycles. The molecular formula is C27H32N2O5. The molecule has 2 atom stereocenters. The summed E-state index contributed by atoms with van der Waals surface area (Å²) in [6.07, 6.45) is 1.21. The fourth-order valence-corrected chi connectivity index (χ4v) is 5.08. The maximum atomic E-state index is 12.8. The number of carbonyl (C=O) groups is 3. The number of rotatable bonds is 7. The van der Waals surface area contributed by atoms with E-state index in [0.29, 0.717) is 32.4 Å². The van der Waals surface area contributed by atoms with E-state index in [2.05, 4.69) is 29.6 Å². The fraction of sp³-hybridized carbons (Fsp3) is 0.444. The minimum absolute atomic E-state index is 0.00120. The molecule has 0 radical (unpaired) electrons. The van der Waals surface area contributed by atoms with Crippen molar-refractivity contribution in [3.05, 3.63) is 59.7 Å². The van der Waals surface area contributed by atoms with Gasteiger partial charge in [0.25, 0.3) is 0 Å². The average Bonchev–Trinajstić information content (AvgIpc) is 3.16. The Labute approximate surface area is 200 Å². The van der Waals surface area contributed by atoms with Crippen LogP contribution in [-0.2, 0) is 14.3 Å². The van der Waals surface area contributed by atoms with Crippen LogP contribution in [-0.4, -0.2) is 54.2 Å².